The van der Waals surface area contributed by atoms with E-state index >= 15 is 0 Å². The Bertz CT molecular complexity index is 249. The van der Waals surface area contributed by atoms with E-state index in [2.05, 4.69) is 6.58 Å². The van der Waals surface area contributed by atoms with Crippen molar-refractivity contribution in [3.63, 3.8) is 0 Å². The van der Waals surface area contributed by atoms with Crippen LogP contribution >= 0.6 is 0 Å². The van der Waals surface area contributed by atoms with Gasteiger partial charge in [0.25, 0.3) is 0 Å². The highest BCUT2D eigenvalue weighted by Crippen LogP contribution is 2.03. The number of nitrogens with one attached hydrogen (secondary N) is 1. The first kappa shape index (κ1) is 7.73. The maximum absolute atomic E-state index is 6.93. The first-order valence-electron chi connectivity index (χ1n) is 3.55. The summed E-state index contributed by atoms with van der Waals surface area (Å²) in [6, 6.07) is 10.0. The lowest BCUT2D eigenvalue weighted by atomic mass is 10.1. The molecule has 1 N–H and O–H groups in total. The van der Waals surface area contributed by atoms with Crippen molar-refractivity contribution in [1.29, 1.82) is 5.41 Å². The van der Waals surface area contributed by atoms with Crippen LogP contribution in [0.2, 0.25) is 0 Å². The maximum Gasteiger partial charge on any atom is 0.0207 e. The third kappa shape index (κ3) is 2.38. The van der Waals surface area contributed by atoms with Gasteiger partial charge in [-0.3, -0.25) is 0 Å². The van der Waals surface area contributed by atoms with Crippen LogP contribution in [0.3, 0.4) is 0 Å². The molecule has 0 aliphatic rings. The Kier molecular flexibility index (Phi) is 2.61. The van der Waals surface area contributed by atoms with Crippen molar-refractivity contribution >= 4 is 6.21 Å². The maximum atomic E-state index is 6.93. The van der Waals surface area contributed by atoms with E-state index < -0.39 is 0 Å². The first-order chi connectivity index (χ1) is 5.33. The van der Waals surface area contributed by atoms with Crippen LogP contribution in [0.4, 0.5) is 0 Å². The van der Waals surface area contributed by atoms with Gasteiger partial charge in [0.2, 0.25) is 0 Å². The fraction of sp³-hybridized carbons (Fsp3) is 0.100. The van der Waals surface area contributed by atoms with Gasteiger partial charge >= 0.3 is 0 Å². The molecule has 0 amide bonds. The molecule has 0 saturated heterocycles. The quantitative estimate of drug-likeness (QED) is 0.632. The zero-order valence-corrected chi connectivity index (χ0v) is 6.38. The van der Waals surface area contributed by atoms with Gasteiger partial charge in [-0.05, 0) is 17.6 Å². The van der Waals surface area contributed by atoms with Gasteiger partial charge in [0.15, 0.2) is 0 Å². The number of allylic oxidation sites excluding steroid dienone is 1. The summed E-state index contributed by atoms with van der Waals surface area (Å²) in [5.74, 6) is 0. The average Bonchev–Trinajstić information content (AvgIpc) is 2.06. The summed E-state index contributed by atoms with van der Waals surface area (Å²) in [5.41, 5.74) is 2.05. The van der Waals surface area contributed by atoms with Crippen molar-refractivity contribution < 1.29 is 0 Å². The molecule has 0 spiro atoms. The average molecular weight is 145 g/mol. The van der Waals surface area contributed by atoms with E-state index in [4.69, 9.17) is 5.41 Å². The highest BCUT2D eigenvalue weighted by atomic mass is 14.3. The molecular formula is C10H11N. The summed E-state index contributed by atoms with van der Waals surface area (Å²) in [6.07, 6.45) is 2.08. The second kappa shape index (κ2) is 3.71. The molecule has 11 heavy (non-hydrogen) atoms. The summed E-state index contributed by atoms with van der Waals surface area (Å²) in [7, 11) is 0. The van der Waals surface area contributed by atoms with Gasteiger partial charge < -0.3 is 5.41 Å². The van der Waals surface area contributed by atoms with E-state index in [1.807, 2.05) is 30.3 Å². The SMILES string of the molecule is C=C(C=N)Cc1ccccc1. The van der Waals surface area contributed by atoms with E-state index in [0.717, 1.165) is 12.0 Å². The van der Waals surface area contributed by atoms with E-state index in [0.29, 0.717) is 0 Å². The Morgan fingerprint density at radius 3 is 2.55 bits per heavy atom. The fourth-order valence-corrected chi connectivity index (χ4v) is 0.909. The summed E-state index contributed by atoms with van der Waals surface area (Å²) < 4.78 is 0. The summed E-state index contributed by atoms with van der Waals surface area (Å²) >= 11 is 0. The molecule has 1 aromatic rings. The number of rotatable bonds is 3. The van der Waals surface area contributed by atoms with Crippen LogP contribution in [0.15, 0.2) is 42.5 Å². The Morgan fingerprint density at radius 2 is 2.00 bits per heavy atom. The second-order valence-electron chi connectivity index (χ2n) is 2.46. The predicted octanol–water partition coefficient (Wildman–Crippen LogP) is 2.43. The minimum Gasteiger partial charge on any atom is -0.308 e. The van der Waals surface area contributed by atoms with E-state index in [-0.39, 0.29) is 0 Å². The molecular weight excluding hydrogens is 134 g/mol. The highest BCUT2D eigenvalue weighted by molar-refractivity contribution is 5.75. The molecule has 0 aromatic heterocycles. The van der Waals surface area contributed by atoms with Gasteiger partial charge in [-0.2, -0.15) is 0 Å². The zero-order chi connectivity index (χ0) is 8.10. The number of benzene rings is 1. The molecule has 1 rings (SSSR count). The van der Waals surface area contributed by atoms with Crippen LogP contribution in [-0.2, 0) is 6.42 Å². The van der Waals surface area contributed by atoms with Crippen molar-refractivity contribution in [3.05, 3.63) is 48.0 Å². The molecule has 0 saturated carbocycles. The van der Waals surface area contributed by atoms with Crippen molar-refractivity contribution in [2.45, 2.75) is 6.42 Å². The van der Waals surface area contributed by atoms with Gasteiger partial charge in [-0.15, -0.1) is 0 Å². The van der Waals surface area contributed by atoms with Crippen LogP contribution in [-0.4, -0.2) is 6.21 Å². The molecule has 0 bridgehead atoms. The molecule has 1 nitrogen and oxygen atoms in total. The number of hydrogen-bond acceptors (Lipinski definition) is 1. The van der Waals surface area contributed by atoms with Crippen molar-refractivity contribution in [3.8, 4) is 0 Å². The Hall–Kier alpha value is -1.37. The minimum absolute atomic E-state index is 0.782. The zero-order valence-electron chi connectivity index (χ0n) is 6.38. The van der Waals surface area contributed by atoms with Gasteiger partial charge in [0.1, 0.15) is 0 Å². The second-order valence-corrected chi connectivity index (χ2v) is 2.46. The van der Waals surface area contributed by atoms with Crippen LogP contribution in [0.5, 0.6) is 0 Å². The van der Waals surface area contributed by atoms with E-state index in [9.17, 15) is 0 Å². The summed E-state index contributed by atoms with van der Waals surface area (Å²) in [5, 5.41) is 6.93. The van der Waals surface area contributed by atoms with E-state index in [1.165, 1.54) is 11.8 Å². The predicted molar refractivity (Wildman–Crippen MR) is 48.1 cm³/mol. The van der Waals surface area contributed by atoms with Crippen LogP contribution < -0.4 is 0 Å². The van der Waals surface area contributed by atoms with Gasteiger partial charge in [-0.25, -0.2) is 0 Å². The normalized spacial score (nSPS) is 9.09. The topological polar surface area (TPSA) is 23.9 Å². The summed E-state index contributed by atoms with van der Waals surface area (Å²) in [6.45, 7) is 3.73. The lowest BCUT2D eigenvalue weighted by molar-refractivity contribution is 1.23. The lowest BCUT2D eigenvalue weighted by Crippen LogP contribution is -1.88. The Labute approximate surface area is 66.9 Å². The molecule has 0 heterocycles. The minimum atomic E-state index is 0.782. The Balaban J connectivity index is 2.65. The third-order valence-corrected chi connectivity index (χ3v) is 1.48. The molecule has 0 unspecified atom stereocenters. The standard InChI is InChI=1S/C10H11N/c1-9(8-11)7-10-5-3-2-4-6-10/h2-6,8,11H,1,7H2. The van der Waals surface area contributed by atoms with Crippen molar-refractivity contribution in [2.75, 3.05) is 0 Å². The largest absolute Gasteiger partial charge is 0.308 e. The highest BCUT2D eigenvalue weighted by Gasteiger charge is 1.91. The van der Waals surface area contributed by atoms with Crippen LogP contribution in [0, 0.1) is 5.41 Å². The number of hydrogen-bond donors (Lipinski definition) is 1. The van der Waals surface area contributed by atoms with Crippen molar-refractivity contribution in [2.24, 2.45) is 0 Å². The molecule has 0 aliphatic heterocycles. The first-order valence-corrected chi connectivity index (χ1v) is 3.55. The van der Waals surface area contributed by atoms with Crippen LogP contribution in [0.1, 0.15) is 5.56 Å². The van der Waals surface area contributed by atoms with Crippen LogP contribution in [0.25, 0.3) is 0 Å². The molecule has 1 heteroatoms. The molecule has 56 valence electrons. The van der Waals surface area contributed by atoms with Gasteiger partial charge in [-0.1, -0.05) is 36.9 Å². The molecule has 0 fully saturated rings. The third-order valence-electron chi connectivity index (χ3n) is 1.48. The molecule has 0 atom stereocenters. The summed E-state index contributed by atoms with van der Waals surface area (Å²) in [4.78, 5) is 0. The fourth-order valence-electron chi connectivity index (χ4n) is 0.909. The Morgan fingerprint density at radius 1 is 1.36 bits per heavy atom. The van der Waals surface area contributed by atoms with Gasteiger partial charge in [0, 0.05) is 6.21 Å². The van der Waals surface area contributed by atoms with Gasteiger partial charge in [0.05, 0.1) is 0 Å². The molecule has 0 aliphatic carbocycles. The monoisotopic (exact) mass is 145 g/mol. The molecule has 0 radical (unpaired) electrons. The lowest BCUT2D eigenvalue weighted by Gasteiger charge is -1.97. The molecule has 1 aromatic carbocycles. The van der Waals surface area contributed by atoms with E-state index in [1.54, 1.807) is 0 Å². The smallest absolute Gasteiger partial charge is 0.0207 e. The van der Waals surface area contributed by atoms with Crippen molar-refractivity contribution in [1.82, 2.24) is 0 Å².